The summed E-state index contributed by atoms with van der Waals surface area (Å²) < 4.78 is 47.2. The molecule has 0 aliphatic carbocycles. The van der Waals surface area contributed by atoms with Gasteiger partial charge in [-0.25, -0.2) is 18.0 Å². The van der Waals surface area contributed by atoms with Crippen molar-refractivity contribution >= 4 is 27.6 Å². The van der Waals surface area contributed by atoms with Gasteiger partial charge in [-0.2, -0.15) is 0 Å². The number of esters is 2. The van der Waals surface area contributed by atoms with Crippen LogP contribution in [0.25, 0.3) is 0 Å². The molecule has 0 atom stereocenters. The summed E-state index contributed by atoms with van der Waals surface area (Å²) in [4.78, 5) is 23.8. The third kappa shape index (κ3) is 4.92. The van der Waals surface area contributed by atoms with Crippen molar-refractivity contribution in [2.24, 2.45) is 0 Å². The molecule has 10 heteroatoms. The standard InChI is InChI=1S/C22H21NO8S/c1-23(16-7-9-17(28-2)10-8-16)32(26,27)19-6-4-5-15(13-19)21(24)30-14-18-11-12-20(31-18)22(25)29-3/h4-13H,14H2,1-3H3. The second-order valence-electron chi connectivity index (χ2n) is 6.53. The van der Waals surface area contributed by atoms with Crippen molar-refractivity contribution in [1.29, 1.82) is 0 Å². The number of carbonyl (C=O) groups is 2. The number of furan rings is 1. The van der Waals surface area contributed by atoms with E-state index in [2.05, 4.69) is 4.74 Å². The van der Waals surface area contributed by atoms with E-state index in [1.165, 1.54) is 57.7 Å². The first-order chi connectivity index (χ1) is 15.3. The normalized spacial score (nSPS) is 11.0. The average Bonchev–Trinajstić information content (AvgIpc) is 3.30. The molecule has 1 heterocycles. The molecule has 3 aromatic rings. The summed E-state index contributed by atoms with van der Waals surface area (Å²) in [6, 6.07) is 14.9. The summed E-state index contributed by atoms with van der Waals surface area (Å²) in [5.41, 5.74) is 0.479. The number of hydrogen-bond donors (Lipinski definition) is 0. The molecule has 2 aromatic carbocycles. The van der Waals surface area contributed by atoms with Gasteiger partial charge >= 0.3 is 11.9 Å². The first-order valence-corrected chi connectivity index (χ1v) is 10.8. The third-order valence-electron chi connectivity index (χ3n) is 4.56. The fourth-order valence-electron chi connectivity index (χ4n) is 2.76. The summed E-state index contributed by atoms with van der Waals surface area (Å²) in [6.45, 7) is -0.238. The van der Waals surface area contributed by atoms with Crippen LogP contribution in [-0.4, -0.2) is 41.6 Å². The molecule has 3 rings (SSSR count). The Morgan fingerprint density at radius 3 is 2.34 bits per heavy atom. The van der Waals surface area contributed by atoms with Crippen molar-refractivity contribution in [3.63, 3.8) is 0 Å². The van der Waals surface area contributed by atoms with Crippen LogP contribution in [-0.2, 0) is 26.1 Å². The van der Waals surface area contributed by atoms with Crippen LogP contribution in [0.1, 0.15) is 26.7 Å². The van der Waals surface area contributed by atoms with Crippen molar-refractivity contribution in [3.05, 3.63) is 77.7 Å². The van der Waals surface area contributed by atoms with Crippen LogP contribution in [0, 0.1) is 0 Å². The van der Waals surface area contributed by atoms with Gasteiger partial charge in [0.05, 0.1) is 30.4 Å². The van der Waals surface area contributed by atoms with Crippen molar-refractivity contribution in [1.82, 2.24) is 0 Å². The maximum absolute atomic E-state index is 13.0. The number of methoxy groups -OCH3 is 2. The first kappa shape index (κ1) is 22.9. The van der Waals surface area contributed by atoms with Gasteiger partial charge in [0.25, 0.3) is 10.0 Å². The molecule has 0 aliphatic heterocycles. The van der Waals surface area contributed by atoms with E-state index in [1.54, 1.807) is 24.3 Å². The highest BCUT2D eigenvalue weighted by atomic mass is 32.2. The maximum atomic E-state index is 13.0. The summed E-state index contributed by atoms with van der Waals surface area (Å²) in [7, 11) is 0.223. The molecular weight excluding hydrogens is 438 g/mol. The Labute approximate surface area is 185 Å². The van der Waals surface area contributed by atoms with Gasteiger partial charge in [0, 0.05) is 7.05 Å². The largest absolute Gasteiger partial charge is 0.497 e. The lowest BCUT2D eigenvalue weighted by Crippen LogP contribution is -2.26. The van der Waals surface area contributed by atoms with Gasteiger partial charge in [0.1, 0.15) is 18.1 Å². The smallest absolute Gasteiger partial charge is 0.373 e. The fraction of sp³-hybridized carbons (Fsp3) is 0.182. The Morgan fingerprint density at radius 1 is 0.969 bits per heavy atom. The van der Waals surface area contributed by atoms with Crippen molar-refractivity contribution in [3.8, 4) is 5.75 Å². The van der Waals surface area contributed by atoms with E-state index in [4.69, 9.17) is 13.9 Å². The second-order valence-corrected chi connectivity index (χ2v) is 8.50. The SMILES string of the molecule is COC(=O)c1ccc(COC(=O)c2cccc(S(=O)(=O)N(C)c3ccc(OC)cc3)c2)o1. The molecular formula is C22H21NO8S. The van der Waals surface area contributed by atoms with Crippen molar-refractivity contribution in [2.75, 3.05) is 25.6 Å². The molecule has 0 radical (unpaired) electrons. The second kappa shape index (κ2) is 9.56. The minimum Gasteiger partial charge on any atom is -0.497 e. The number of sulfonamides is 1. The number of anilines is 1. The number of ether oxygens (including phenoxy) is 3. The predicted molar refractivity (Wildman–Crippen MR) is 114 cm³/mol. The van der Waals surface area contributed by atoms with Gasteiger partial charge in [0.2, 0.25) is 5.76 Å². The van der Waals surface area contributed by atoms with Gasteiger partial charge < -0.3 is 18.6 Å². The van der Waals surface area contributed by atoms with Crippen LogP contribution in [0.15, 0.2) is 70.0 Å². The summed E-state index contributed by atoms with van der Waals surface area (Å²) in [6.07, 6.45) is 0. The average molecular weight is 459 g/mol. The molecule has 0 amide bonds. The quantitative estimate of drug-likeness (QED) is 0.472. The van der Waals surface area contributed by atoms with Crippen LogP contribution >= 0.6 is 0 Å². The number of benzene rings is 2. The Kier molecular flexibility index (Phi) is 6.84. The highest BCUT2D eigenvalue weighted by Crippen LogP contribution is 2.25. The maximum Gasteiger partial charge on any atom is 0.373 e. The zero-order valence-corrected chi connectivity index (χ0v) is 18.4. The molecule has 1 aromatic heterocycles. The van der Waals surface area contributed by atoms with Crippen LogP contribution in [0.2, 0.25) is 0 Å². The van der Waals surface area contributed by atoms with Crippen LogP contribution < -0.4 is 9.04 Å². The lowest BCUT2D eigenvalue weighted by molar-refractivity contribution is 0.0438. The molecule has 0 bridgehead atoms. The van der Waals surface area contributed by atoms with E-state index in [9.17, 15) is 18.0 Å². The topological polar surface area (TPSA) is 112 Å². The van der Waals surface area contributed by atoms with Crippen molar-refractivity contribution < 1.29 is 36.6 Å². The predicted octanol–water partition coefficient (Wildman–Crippen LogP) is 3.26. The van der Waals surface area contributed by atoms with Crippen LogP contribution in [0.4, 0.5) is 5.69 Å². The summed E-state index contributed by atoms with van der Waals surface area (Å²) in [5.74, 6) is -0.582. The lowest BCUT2D eigenvalue weighted by atomic mass is 10.2. The zero-order chi connectivity index (χ0) is 23.3. The molecule has 0 N–H and O–H groups in total. The van der Waals surface area contributed by atoms with Gasteiger partial charge in [-0.05, 0) is 54.6 Å². The van der Waals surface area contributed by atoms with Gasteiger partial charge in [0.15, 0.2) is 0 Å². The van der Waals surface area contributed by atoms with E-state index >= 15 is 0 Å². The molecule has 168 valence electrons. The number of nitrogens with zero attached hydrogens (tertiary/aromatic N) is 1. The molecule has 0 fully saturated rings. The molecule has 0 saturated carbocycles. The van der Waals surface area contributed by atoms with Crippen LogP contribution in [0.3, 0.4) is 0 Å². The molecule has 0 saturated heterocycles. The Hall–Kier alpha value is -3.79. The van der Waals surface area contributed by atoms with E-state index in [0.29, 0.717) is 11.4 Å². The summed E-state index contributed by atoms with van der Waals surface area (Å²) >= 11 is 0. The van der Waals surface area contributed by atoms with Gasteiger partial charge in [-0.15, -0.1) is 0 Å². The molecule has 0 unspecified atom stereocenters. The minimum absolute atomic E-state index is 0.0202. The molecule has 9 nitrogen and oxygen atoms in total. The van der Waals surface area contributed by atoms with Gasteiger partial charge in [-0.1, -0.05) is 6.07 Å². The molecule has 32 heavy (non-hydrogen) atoms. The first-order valence-electron chi connectivity index (χ1n) is 9.33. The van der Waals surface area contributed by atoms with E-state index in [0.717, 1.165) is 4.31 Å². The molecule has 0 aliphatic rings. The Balaban J connectivity index is 1.73. The fourth-order valence-corrected chi connectivity index (χ4v) is 4.00. The monoisotopic (exact) mass is 459 g/mol. The highest BCUT2D eigenvalue weighted by molar-refractivity contribution is 7.92. The highest BCUT2D eigenvalue weighted by Gasteiger charge is 2.23. The van der Waals surface area contributed by atoms with E-state index < -0.39 is 22.0 Å². The van der Waals surface area contributed by atoms with E-state index in [1.807, 2.05) is 0 Å². The third-order valence-corrected chi connectivity index (χ3v) is 6.34. The Morgan fingerprint density at radius 2 is 1.69 bits per heavy atom. The van der Waals surface area contributed by atoms with Crippen molar-refractivity contribution in [2.45, 2.75) is 11.5 Å². The van der Waals surface area contributed by atoms with Gasteiger partial charge in [-0.3, -0.25) is 4.31 Å². The number of carbonyl (C=O) groups excluding carboxylic acids is 2. The number of rotatable bonds is 8. The van der Waals surface area contributed by atoms with E-state index in [-0.39, 0.29) is 28.6 Å². The molecule has 0 spiro atoms. The van der Waals surface area contributed by atoms with Crippen LogP contribution in [0.5, 0.6) is 5.75 Å². The number of hydrogen-bond acceptors (Lipinski definition) is 8. The Bertz CT molecular complexity index is 1210. The zero-order valence-electron chi connectivity index (χ0n) is 17.6. The summed E-state index contributed by atoms with van der Waals surface area (Å²) in [5, 5.41) is 0. The lowest BCUT2D eigenvalue weighted by Gasteiger charge is -2.20. The minimum atomic E-state index is -3.93.